The molecule has 3 aromatic rings. The Morgan fingerprint density at radius 3 is 2.48 bits per heavy atom. The number of benzene rings is 2. The number of nitrogens with zero attached hydrogens (tertiary/aromatic N) is 1. The maximum atomic E-state index is 11.5. The first-order valence-corrected chi connectivity index (χ1v) is 7.31. The zero-order chi connectivity index (χ0) is 15.0. The van der Waals surface area contributed by atoms with Gasteiger partial charge in [-0.05, 0) is 30.3 Å². The molecule has 0 fully saturated rings. The molecule has 1 N–H and O–H groups in total. The zero-order valence-corrected chi connectivity index (χ0v) is 13.0. The smallest absolute Gasteiger partial charge is 0.336 e. The Bertz CT molecular complexity index is 847. The molecule has 0 aliphatic rings. The molecule has 0 atom stereocenters. The van der Waals surface area contributed by atoms with Crippen LogP contribution >= 0.6 is 27.5 Å². The van der Waals surface area contributed by atoms with Gasteiger partial charge >= 0.3 is 5.97 Å². The molecule has 0 aliphatic carbocycles. The van der Waals surface area contributed by atoms with E-state index < -0.39 is 5.97 Å². The first kappa shape index (κ1) is 14.0. The summed E-state index contributed by atoms with van der Waals surface area (Å²) in [4.78, 5) is 16.0. The van der Waals surface area contributed by atoms with Crippen molar-refractivity contribution < 1.29 is 9.90 Å². The van der Waals surface area contributed by atoms with Crippen molar-refractivity contribution in [1.29, 1.82) is 0 Å². The van der Waals surface area contributed by atoms with E-state index in [2.05, 4.69) is 20.9 Å². The van der Waals surface area contributed by atoms with Crippen molar-refractivity contribution in [3.05, 3.63) is 63.6 Å². The number of aromatic carboxylic acids is 1. The van der Waals surface area contributed by atoms with E-state index in [1.54, 1.807) is 24.3 Å². The third-order valence-electron chi connectivity index (χ3n) is 3.14. The maximum Gasteiger partial charge on any atom is 0.336 e. The van der Waals surface area contributed by atoms with Gasteiger partial charge in [0.1, 0.15) is 0 Å². The Kier molecular flexibility index (Phi) is 3.66. The van der Waals surface area contributed by atoms with Gasteiger partial charge in [0.15, 0.2) is 0 Å². The molecule has 1 aromatic heterocycles. The number of carbonyl (C=O) groups is 1. The van der Waals surface area contributed by atoms with Gasteiger partial charge in [0.25, 0.3) is 0 Å². The highest BCUT2D eigenvalue weighted by atomic mass is 79.9. The van der Waals surface area contributed by atoms with Gasteiger partial charge < -0.3 is 5.11 Å². The summed E-state index contributed by atoms with van der Waals surface area (Å²) in [6, 6.07) is 14.1. The summed E-state index contributed by atoms with van der Waals surface area (Å²) in [5, 5.41) is 10.5. The highest BCUT2D eigenvalue weighted by molar-refractivity contribution is 9.10. The number of hydrogen-bond acceptors (Lipinski definition) is 2. The lowest BCUT2D eigenvalue weighted by Gasteiger charge is -2.07. The largest absolute Gasteiger partial charge is 0.478 e. The summed E-state index contributed by atoms with van der Waals surface area (Å²) in [6.45, 7) is 0. The Labute approximate surface area is 134 Å². The van der Waals surface area contributed by atoms with Gasteiger partial charge in [-0.2, -0.15) is 0 Å². The van der Waals surface area contributed by atoms with E-state index in [4.69, 9.17) is 11.6 Å². The summed E-state index contributed by atoms with van der Waals surface area (Å²) in [5.74, 6) is -0.983. The van der Waals surface area contributed by atoms with Crippen LogP contribution in [0.1, 0.15) is 10.4 Å². The number of rotatable bonds is 2. The minimum Gasteiger partial charge on any atom is -0.478 e. The third-order valence-corrected chi connectivity index (χ3v) is 3.91. The maximum absolute atomic E-state index is 11.5. The molecule has 0 spiro atoms. The van der Waals surface area contributed by atoms with Crippen molar-refractivity contribution in [3.63, 3.8) is 0 Å². The zero-order valence-electron chi connectivity index (χ0n) is 10.7. The Morgan fingerprint density at radius 1 is 1.10 bits per heavy atom. The number of hydrogen-bond donors (Lipinski definition) is 1. The van der Waals surface area contributed by atoms with Crippen LogP contribution in [0.15, 0.2) is 53.0 Å². The molecule has 0 amide bonds. The van der Waals surface area contributed by atoms with Crippen LogP contribution in [0.3, 0.4) is 0 Å². The van der Waals surface area contributed by atoms with Gasteiger partial charge in [-0.1, -0.05) is 45.7 Å². The molecular weight excluding hydrogens is 354 g/mol. The van der Waals surface area contributed by atoms with Crippen LogP contribution in [0.25, 0.3) is 22.2 Å². The fourth-order valence-corrected chi connectivity index (χ4v) is 2.58. The summed E-state index contributed by atoms with van der Waals surface area (Å²) >= 11 is 9.35. The van der Waals surface area contributed by atoms with Crippen LogP contribution in [0.5, 0.6) is 0 Å². The highest BCUT2D eigenvalue weighted by Gasteiger charge is 2.13. The molecule has 3 nitrogen and oxygen atoms in total. The summed E-state index contributed by atoms with van der Waals surface area (Å²) < 4.78 is 0.952. The van der Waals surface area contributed by atoms with Gasteiger partial charge in [-0.25, -0.2) is 9.78 Å². The van der Waals surface area contributed by atoms with Gasteiger partial charge in [0.05, 0.1) is 16.8 Å². The average Bonchev–Trinajstić information content (AvgIpc) is 2.46. The third kappa shape index (κ3) is 2.77. The molecule has 104 valence electrons. The molecule has 0 saturated heterocycles. The molecule has 0 saturated carbocycles. The molecule has 0 unspecified atom stereocenters. The average molecular weight is 363 g/mol. The molecular formula is C16H9BrClNO2. The number of carboxylic acids is 1. The minimum absolute atomic E-state index is 0.217. The minimum atomic E-state index is -0.983. The summed E-state index contributed by atoms with van der Waals surface area (Å²) in [5.41, 5.74) is 2.24. The second kappa shape index (κ2) is 5.47. The fourth-order valence-electron chi connectivity index (χ4n) is 2.15. The van der Waals surface area contributed by atoms with Crippen molar-refractivity contribution in [2.45, 2.75) is 0 Å². The second-order valence-electron chi connectivity index (χ2n) is 4.53. The Morgan fingerprint density at radius 2 is 1.81 bits per heavy atom. The van der Waals surface area contributed by atoms with Crippen LogP contribution in [0.2, 0.25) is 5.02 Å². The van der Waals surface area contributed by atoms with Crippen LogP contribution in [-0.4, -0.2) is 16.1 Å². The number of halogens is 2. The molecule has 0 radical (unpaired) electrons. The lowest BCUT2D eigenvalue weighted by molar-refractivity contribution is 0.0699. The van der Waals surface area contributed by atoms with Crippen LogP contribution in [0, 0.1) is 0 Å². The number of fused-ring (bicyclic) bond motifs is 1. The molecule has 21 heavy (non-hydrogen) atoms. The fraction of sp³-hybridized carbons (Fsp3) is 0. The van der Waals surface area contributed by atoms with E-state index in [1.807, 2.05) is 24.3 Å². The van der Waals surface area contributed by atoms with Gasteiger partial charge in [-0.3, -0.25) is 0 Å². The Hall–Kier alpha value is -1.91. The molecule has 0 aliphatic heterocycles. The van der Waals surface area contributed by atoms with E-state index in [0.29, 0.717) is 21.6 Å². The first-order valence-electron chi connectivity index (χ1n) is 6.14. The van der Waals surface area contributed by atoms with E-state index in [9.17, 15) is 9.90 Å². The predicted molar refractivity (Wildman–Crippen MR) is 86.8 cm³/mol. The normalized spacial score (nSPS) is 10.8. The van der Waals surface area contributed by atoms with E-state index in [1.165, 1.54) is 0 Å². The van der Waals surface area contributed by atoms with Crippen molar-refractivity contribution >= 4 is 44.4 Å². The number of carboxylic acid groups (broad SMARTS) is 1. The summed E-state index contributed by atoms with van der Waals surface area (Å²) in [6.07, 6.45) is 0. The van der Waals surface area contributed by atoms with Crippen LogP contribution in [0.4, 0.5) is 0 Å². The lowest BCUT2D eigenvalue weighted by atomic mass is 10.0. The SMILES string of the molecule is O=C(O)c1cc(-c2ccc(Br)cc2)nc2cc(Cl)ccc12. The van der Waals surface area contributed by atoms with Gasteiger partial charge in [0.2, 0.25) is 0 Å². The van der Waals surface area contributed by atoms with E-state index in [0.717, 1.165) is 10.0 Å². The van der Waals surface area contributed by atoms with E-state index in [-0.39, 0.29) is 5.56 Å². The number of pyridine rings is 1. The molecule has 2 aromatic carbocycles. The first-order chi connectivity index (χ1) is 10.0. The van der Waals surface area contributed by atoms with Crippen LogP contribution in [-0.2, 0) is 0 Å². The van der Waals surface area contributed by atoms with Gasteiger partial charge in [0, 0.05) is 20.4 Å². The van der Waals surface area contributed by atoms with Crippen molar-refractivity contribution in [3.8, 4) is 11.3 Å². The van der Waals surface area contributed by atoms with Gasteiger partial charge in [-0.15, -0.1) is 0 Å². The topological polar surface area (TPSA) is 50.2 Å². The Balaban J connectivity index is 2.29. The summed E-state index contributed by atoms with van der Waals surface area (Å²) in [7, 11) is 0. The van der Waals surface area contributed by atoms with Crippen molar-refractivity contribution in [2.24, 2.45) is 0 Å². The quantitative estimate of drug-likeness (QED) is 0.696. The molecule has 3 rings (SSSR count). The second-order valence-corrected chi connectivity index (χ2v) is 5.88. The van der Waals surface area contributed by atoms with Crippen molar-refractivity contribution in [1.82, 2.24) is 4.98 Å². The predicted octanol–water partition coefficient (Wildman–Crippen LogP) is 5.02. The standard InChI is InChI=1S/C16H9BrClNO2/c17-10-3-1-9(2-4-10)14-8-13(16(20)21)12-6-5-11(18)7-15(12)19-14/h1-8H,(H,20,21). The van der Waals surface area contributed by atoms with E-state index >= 15 is 0 Å². The highest BCUT2D eigenvalue weighted by Crippen LogP contribution is 2.27. The van der Waals surface area contributed by atoms with Crippen molar-refractivity contribution in [2.75, 3.05) is 0 Å². The number of aromatic nitrogens is 1. The molecule has 1 heterocycles. The monoisotopic (exact) mass is 361 g/mol. The molecule has 5 heteroatoms. The molecule has 0 bridgehead atoms. The van der Waals surface area contributed by atoms with Crippen LogP contribution < -0.4 is 0 Å². The lowest BCUT2D eigenvalue weighted by Crippen LogP contribution is -2.00.